The van der Waals surface area contributed by atoms with Crippen molar-refractivity contribution in [2.45, 2.75) is 38.0 Å². The van der Waals surface area contributed by atoms with Crippen molar-refractivity contribution >= 4 is 67.9 Å². The number of carbonyl (C=O) groups excluding carboxylic acids is 3. The predicted molar refractivity (Wildman–Crippen MR) is 162 cm³/mol. The van der Waals surface area contributed by atoms with Crippen LogP contribution in [-0.2, 0) is 37.2 Å². The molecule has 20 heteroatoms. The highest BCUT2D eigenvalue weighted by atomic mass is 35.5. The van der Waals surface area contributed by atoms with Crippen molar-refractivity contribution in [3.63, 3.8) is 0 Å². The highest BCUT2D eigenvalue weighted by molar-refractivity contribution is 7.88. The maximum Gasteiger partial charge on any atom is 0.458 e. The van der Waals surface area contributed by atoms with Gasteiger partial charge >= 0.3 is 23.9 Å². The number of nitrogens with one attached hydrogen (secondary N) is 3. The van der Waals surface area contributed by atoms with Crippen molar-refractivity contribution in [1.82, 2.24) is 19.3 Å². The Kier molecular flexibility index (Phi) is 10.9. The normalized spacial score (nSPS) is 16.5. The number of Topliss-reactive ketones (excluding diaryl/α,β-unsaturated/α-hetero) is 2. The summed E-state index contributed by atoms with van der Waals surface area (Å²) in [5.74, 6) is -6.10. The monoisotopic (exact) mass is 721 g/mol. The molecule has 48 heavy (non-hydrogen) atoms. The van der Waals surface area contributed by atoms with Crippen LogP contribution in [0.2, 0.25) is 5.02 Å². The molecule has 4 heterocycles. The van der Waals surface area contributed by atoms with Crippen molar-refractivity contribution in [3.05, 3.63) is 59.0 Å². The van der Waals surface area contributed by atoms with Gasteiger partial charge in [-0.1, -0.05) is 11.6 Å². The topological polar surface area (TPSA) is 163 Å². The highest BCUT2D eigenvalue weighted by Crippen LogP contribution is 2.30. The molecule has 0 saturated carbocycles. The quantitative estimate of drug-likeness (QED) is 0.242. The van der Waals surface area contributed by atoms with Crippen molar-refractivity contribution in [1.29, 1.82) is 0 Å². The molecule has 0 unspecified atom stereocenters. The number of ketones is 2. The minimum Gasteiger partial charge on any atom is -0.339 e. The van der Waals surface area contributed by atoms with E-state index in [1.807, 2.05) is 30.5 Å². The SMILES string of the molecule is CS(=O)(=O)N1CC[C@H](CC(=O)Nc2ccc3cc2CCc2cncc(c2)Nc2ncc(Cl)c(n2)N3)C1.O=C(C(=O)C(F)(F)F)C(F)(F)F. The summed E-state index contributed by atoms with van der Waals surface area (Å²) in [6.07, 6.45) is -2.98. The van der Waals surface area contributed by atoms with E-state index in [4.69, 9.17) is 11.6 Å². The van der Waals surface area contributed by atoms with Crippen LogP contribution in [0, 0.1) is 5.92 Å². The number of sulfonamides is 1. The summed E-state index contributed by atoms with van der Waals surface area (Å²) in [6, 6.07) is 7.67. The molecule has 1 fully saturated rings. The summed E-state index contributed by atoms with van der Waals surface area (Å²) in [6.45, 7) is 0.832. The third-order valence-electron chi connectivity index (χ3n) is 7.03. The number of hydrogen-bond donors (Lipinski definition) is 3. The van der Waals surface area contributed by atoms with Crippen molar-refractivity contribution in [2.24, 2.45) is 5.92 Å². The first-order valence-electron chi connectivity index (χ1n) is 13.9. The fourth-order valence-electron chi connectivity index (χ4n) is 4.74. The lowest BCUT2D eigenvalue weighted by Crippen LogP contribution is -2.39. The molecule has 5 rings (SSSR count). The molecular formula is C28H26ClF6N7O5S. The number of aryl methyl sites for hydroxylation is 2. The molecule has 258 valence electrons. The number of alkyl halides is 6. The zero-order chi connectivity index (χ0) is 35.4. The van der Waals surface area contributed by atoms with E-state index in [1.165, 1.54) is 16.8 Å². The number of halogens is 7. The number of amides is 1. The second kappa shape index (κ2) is 14.4. The molecule has 2 aliphatic rings. The van der Waals surface area contributed by atoms with Gasteiger partial charge in [0.1, 0.15) is 5.02 Å². The fourth-order valence-corrected chi connectivity index (χ4v) is 5.80. The number of pyridine rings is 1. The van der Waals surface area contributed by atoms with Crippen LogP contribution in [-0.4, -0.2) is 76.8 Å². The molecule has 0 spiro atoms. The minimum atomic E-state index is -5.77. The predicted octanol–water partition coefficient (Wildman–Crippen LogP) is 4.97. The summed E-state index contributed by atoms with van der Waals surface area (Å²) in [5.41, 5.74) is 4.23. The molecule has 6 bridgehead atoms. The van der Waals surface area contributed by atoms with Gasteiger partial charge in [-0.3, -0.25) is 19.4 Å². The van der Waals surface area contributed by atoms with E-state index < -0.39 is 33.9 Å². The Morgan fingerprint density at radius 1 is 0.979 bits per heavy atom. The van der Waals surface area contributed by atoms with Gasteiger partial charge in [0, 0.05) is 37.1 Å². The van der Waals surface area contributed by atoms with Crippen LogP contribution >= 0.6 is 11.6 Å². The molecule has 2 aliphatic heterocycles. The summed E-state index contributed by atoms with van der Waals surface area (Å²) in [5, 5.41) is 9.81. The van der Waals surface area contributed by atoms with Gasteiger partial charge < -0.3 is 16.0 Å². The lowest BCUT2D eigenvalue weighted by atomic mass is 10.0. The van der Waals surface area contributed by atoms with Gasteiger partial charge in [-0.15, -0.1) is 0 Å². The Labute approximate surface area is 274 Å². The number of anilines is 5. The van der Waals surface area contributed by atoms with E-state index >= 15 is 0 Å². The summed E-state index contributed by atoms with van der Waals surface area (Å²) < 4.78 is 92.0. The maximum atomic E-state index is 12.9. The Morgan fingerprint density at radius 2 is 1.67 bits per heavy atom. The molecule has 0 radical (unpaired) electrons. The van der Waals surface area contributed by atoms with Gasteiger partial charge in [0.2, 0.25) is 21.9 Å². The molecule has 3 N–H and O–H groups in total. The Hall–Kier alpha value is -4.36. The van der Waals surface area contributed by atoms with Gasteiger partial charge in [-0.05, 0) is 60.6 Å². The number of hydrogen-bond acceptors (Lipinski definition) is 10. The molecule has 2 aromatic heterocycles. The van der Waals surface area contributed by atoms with Crippen LogP contribution in [0.3, 0.4) is 0 Å². The van der Waals surface area contributed by atoms with Crippen LogP contribution in [0.1, 0.15) is 24.0 Å². The molecule has 3 aromatic rings. The Bertz CT molecular complexity index is 1800. The number of aromatic nitrogens is 3. The largest absolute Gasteiger partial charge is 0.458 e. The third-order valence-corrected chi connectivity index (χ3v) is 8.58. The van der Waals surface area contributed by atoms with Gasteiger partial charge in [-0.2, -0.15) is 31.3 Å². The average molecular weight is 722 g/mol. The van der Waals surface area contributed by atoms with E-state index in [-0.39, 0.29) is 18.2 Å². The summed E-state index contributed by atoms with van der Waals surface area (Å²) >= 11 is 6.33. The second-order valence-corrected chi connectivity index (χ2v) is 13.2. The lowest BCUT2D eigenvalue weighted by Gasteiger charge is -2.16. The number of rotatable bonds is 5. The van der Waals surface area contributed by atoms with E-state index in [0.29, 0.717) is 49.1 Å². The molecule has 12 nitrogen and oxygen atoms in total. The van der Waals surface area contributed by atoms with E-state index in [0.717, 1.165) is 28.2 Å². The number of benzene rings is 1. The van der Waals surface area contributed by atoms with Crippen LogP contribution in [0.15, 0.2) is 42.9 Å². The number of nitrogens with zero attached hydrogens (tertiary/aromatic N) is 4. The van der Waals surface area contributed by atoms with E-state index in [2.05, 4.69) is 30.9 Å². The zero-order valence-electron chi connectivity index (χ0n) is 24.7. The summed E-state index contributed by atoms with van der Waals surface area (Å²) in [7, 11) is -3.24. The molecule has 1 amide bonds. The first-order chi connectivity index (χ1) is 22.3. The van der Waals surface area contributed by atoms with Crippen LogP contribution in [0.25, 0.3) is 0 Å². The van der Waals surface area contributed by atoms with Crippen LogP contribution in [0.5, 0.6) is 0 Å². The molecule has 1 aromatic carbocycles. The summed E-state index contributed by atoms with van der Waals surface area (Å²) in [4.78, 5) is 45.2. The number of carbonyl (C=O) groups is 3. The number of fused-ring (bicyclic) bond motifs is 6. The Balaban J connectivity index is 0.000000371. The smallest absolute Gasteiger partial charge is 0.339 e. The maximum absolute atomic E-state index is 12.9. The lowest BCUT2D eigenvalue weighted by molar-refractivity contribution is -0.193. The second-order valence-electron chi connectivity index (χ2n) is 10.8. The first kappa shape index (κ1) is 36.5. The van der Waals surface area contributed by atoms with Crippen molar-refractivity contribution in [3.8, 4) is 0 Å². The van der Waals surface area contributed by atoms with E-state index in [9.17, 15) is 49.1 Å². The zero-order valence-corrected chi connectivity index (χ0v) is 26.3. The van der Waals surface area contributed by atoms with Gasteiger partial charge in [-0.25, -0.2) is 17.7 Å². The molecule has 1 atom stereocenters. The van der Waals surface area contributed by atoms with Crippen LogP contribution in [0.4, 0.5) is 55.2 Å². The van der Waals surface area contributed by atoms with Crippen molar-refractivity contribution in [2.75, 3.05) is 35.3 Å². The van der Waals surface area contributed by atoms with E-state index in [1.54, 1.807) is 6.20 Å². The standard InChI is InChI=1S/C24H26ClN7O3S.C4F6O2/c1-36(34,35)32-7-6-16(14-32)9-22(33)30-21-5-4-18-10-17(21)3-2-15-8-19(12-26-11-15)29-24-27-13-20(25)23(28-18)31-24;5-3(6,7)1(11)2(12)4(8,9)10/h4-5,8,10-13,16H,2-3,6-7,9,14H2,1H3,(H,30,33)(H2,27,28,29,31);/t16-;/m1./s1. The highest BCUT2D eigenvalue weighted by Gasteiger charge is 2.54. The third kappa shape index (κ3) is 9.83. The van der Waals surface area contributed by atoms with Gasteiger partial charge in [0.05, 0.1) is 24.3 Å². The minimum absolute atomic E-state index is 0.00106. The van der Waals surface area contributed by atoms with Crippen LogP contribution < -0.4 is 16.0 Å². The first-order valence-corrected chi connectivity index (χ1v) is 16.1. The van der Waals surface area contributed by atoms with Crippen molar-refractivity contribution < 1.29 is 49.1 Å². The van der Waals surface area contributed by atoms with Gasteiger partial charge in [0.25, 0.3) is 0 Å². The fraction of sp³-hybridized carbons (Fsp3) is 0.357. The average Bonchev–Trinajstić information content (AvgIpc) is 3.46. The van der Waals surface area contributed by atoms with Gasteiger partial charge in [0.15, 0.2) is 5.82 Å². The molecular weight excluding hydrogens is 696 g/mol. The Morgan fingerprint density at radius 3 is 2.29 bits per heavy atom. The molecule has 1 saturated heterocycles. The molecule has 0 aliphatic carbocycles.